The first-order valence-corrected chi connectivity index (χ1v) is 7.05. The molecule has 5 nitrogen and oxygen atoms in total. The number of imidazole rings is 1. The Balaban J connectivity index is 1.77. The second-order valence-corrected chi connectivity index (χ2v) is 5.33. The van der Waals surface area contributed by atoms with Crippen LogP contribution in [-0.2, 0) is 4.74 Å². The highest BCUT2D eigenvalue weighted by Crippen LogP contribution is 2.21. The van der Waals surface area contributed by atoms with Gasteiger partial charge in [-0.1, -0.05) is 6.08 Å². The molecule has 1 aliphatic heterocycles. The van der Waals surface area contributed by atoms with E-state index in [9.17, 15) is 0 Å². The number of rotatable bonds is 4. The Morgan fingerprint density at radius 2 is 2.42 bits per heavy atom. The van der Waals surface area contributed by atoms with Gasteiger partial charge in [-0.15, -0.1) is 11.7 Å². The molecule has 0 radical (unpaired) electrons. The van der Waals surface area contributed by atoms with Crippen LogP contribution in [0.25, 0.3) is 5.65 Å². The highest BCUT2D eigenvalue weighted by molar-refractivity contribution is 9.10. The van der Waals surface area contributed by atoms with Crippen molar-refractivity contribution in [3.05, 3.63) is 35.6 Å². The minimum Gasteiger partial charge on any atom is -0.372 e. The van der Waals surface area contributed by atoms with Crippen LogP contribution in [0.4, 0.5) is 5.82 Å². The molecule has 1 fully saturated rings. The lowest BCUT2D eigenvalue weighted by atomic mass is 10.3. The molecule has 0 saturated carbocycles. The Labute approximate surface area is 120 Å². The number of fused-ring (bicyclic) bond motifs is 1. The van der Waals surface area contributed by atoms with E-state index in [2.05, 4.69) is 37.5 Å². The molecule has 6 heteroatoms. The lowest BCUT2D eigenvalue weighted by Crippen LogP contribution is -2.24. The SMILES string of the molecule is C=CCOC1CCN(c2ccc3ncc(Br)n3n2)C1. The molecule has 100 valence electrons. The summed E-state index contributed by atoms with van der Waals surface area (Å²) in [6.45, 7) is 6.12. The van der Waals surface area contributed by atoms with Crippen molar-refractivity contribution in [1.29, 1.82) is 0 Å². The topological polar surface area (TPSA) is 42.7 Å². The van der Waals surface area contributed by atoms with E-state index < -0.39 is 0 Å². The summed E-state index contributed by atoms with van der Waals surface area (Å²) < 4.78 is 8.35. The van der Waals surface area contributed by atoms with Gasteiger partial charge in [-0.2, -0.15) is 0 Å². The standard InChI is InChI=1S/C13H15BrN4O/c1-2-7-19-10-5-6-17(9-10)13-4-3-12-15-8-11(14)18(12)16-13/h2-4,8,10H,1,5-7,9H2. The van der Waals surface area contributed by atoms with Crippen molar-refractivity contribution in [1.82, 2.24) is 14.6 Å². The average Bonchev–Trinajstić information content (AvgIpc) is 3.04. The van der Waals surface area contributed by atoms with Gasteiger partial charge in [0.1, 0.15) is 10.4 Å². The summed E-state index contributed by atoms with van der Waals surface area (Å²) in [5, 5.41) is 4.59. The quantitative estimate of drug-likeness (QED) is 0.810. The Hall–Kier alpha value is -1.40. The van der Waals surface area contributed by atoms with Crippen LogP contribution in [0.5, 0.6) is 0 Å². The minimum absolute atomic E-state index is 0.265. The number of halogens is 1. The van der Waals surface area contributed by atoms with Gasteiger partial charge in [0.15, 0.2) is 5.65 Å². The van der Waals surface area contributed by atoms with Crippen molar-refractivity contribution >= 4 is 27.4 Å². The van der Waals surface area contributed by atoms with Crippen molar-refractivity contribution < 1.29 is 4.74 Å². The zero-order valence-corrected chi connectivity index (χ0v) is 12.1. The van der Waals surface area contributed by atoms with E-state index in [0.717, 1.165) is 35.6 Å². The fourth-order valence-corrected chi connectivity index (χ4v) is 2.64. The van der Waals surface area contributed by atoms with Gasteiger partial charge < -0.3 is 9.64 Å². The van der Waals surface area contributed by atoms with E-state index in [1.165, 1.54) is 0 Å². The van der Waals surface area contributed by atoms with Gasteiger partial charge in [0.25, 0.3) is 0 Å². The second-order valence-electron chi connectivity index (χ2n) is 4.52. The van der Waals surface area contributed by atoms with Crippen LogP contribution in [0.2, 0.25) is 0 Å². The molecule has 1 atom stereocenters. The fraction of sp³-hybridized carbons (Fsp3) is 0.385. The van der Waals surface area contributed by atoms with Gasteiger partial charge in [0.05, 0.1) is 18.9 Å². The Morgan fingerprint density at radius 3 is 3.26 bits per heavy atom. The van der Waals surface area contributed by atoms with E-state index in [1.807, 2.05) is 12.1 Å². The molecular weight excluding hydrogens is 308 g/mol. The van der Waals surface area contributed by atoms with E-state index in [-0.39, 0.29) is 6.10 Å². The molecule has 1 saturated heterocycles. The predicted molar refractivity (Wildman–Crippen MR) is 77.5 cm³/mol. The average molecular weight is 323 g/mol. The van der Waals surface area contributed by atoms with Gasteiger partial charge in [-0.05, 0) is 34.5 Å². The molecule has 0 amide bonds. The molecule has 2 aromatic heterocycles. The van der Waals surface area contributed by atoms with Crippen molar-refractivity contribution in [3.8, 4) is 0 Å². The van der Waals surface area contributed by atoms with Crippen molar-refractivity contribution in [3.63, 3.8) is 0 Å². The summed E-state index contributed by atoms with van der Waals surface area (Å²) in [6.07, 6.45) is 4.84. The van der Waals surface area contributed by atoms with Crippen LogP contribution in [0.1, 0.15) is 6.42 Å². The lowest BCUT2D eigenvalue weighted by Gasteiger charge is -2.17. The van der Waals surface area contributed by atoms with Crippen molar-refractivity contribution in [2.45, 2.75) is 12.5 Å². The molecule has 2 aromatic rings. The molecule has 0 N–H and O–H groups in total. The van der Waals surface area contributed by atoms with Gasteiger partial charge in [0, 0.05) is 13.1 Å². The van der Waals surface area contributed by atoms with Crippen LogP contribution in [0.3, 0.4) is 0 Å². The van der Waals surface area contributed by atoms with Crippen LogP contribution in [-0.4, -0.2) is 40.4 Å². The summed E-state index contributed by atoms with van der Waals surface area (Å²) in [4.78, 5) is 6.48. The summed E-state index contributed by atoms with van der Waals surface area (Å²) in [5.74, 6) is 0.955. The molecule has 3 rings (SSSR count). The fourth-order valence-electron chi connectivity index (χ4n) is 2.28. The third kappa shape index (κ3) is 2.50. The molecule has 3 heterocycles. The normalized spacial score (nSPS) is 19.2. The third-order valence-electron chi connectivity index (χ3n) is 3.23. The first kappa shape index (κ1) is 12.6. The molecular formula is C13H15BrN4O. The monoisotopic (exact) mass is 322 g/mol. The summed E-state index contributed by atoms with van der Waals surface area (Å²) >= 11 is 3.44. The first-order valence-electron chi connectivity index (χ1n) is 6.25. The van der Waals surface area contributed by atoms with Gasteiger partial charge in [-0.3, -0.25) is 0 Å². The highest BCUT2D eigenvalue weighted by atomic mass is 79.9. The maximum absolute atomic E-state index is 5.68. The first-order chi connectivity index (χ1) is 9.28. The highest BCUT2D eigenvalue weighted by Gasteiger charge is 2.24. The number of anilines is 1. The number of ether oxygens (including phenoxy) is 1. The Bertz CT molecular complexity index is 597. The van der Waals surface area contributed by atoms with Crippen LogP contribution < -0.4 is 4.90 Å². The van der Waals surface area contributed by atoms with Crippen molar-refractivity contribution in [2.75, 3.05) is 24.6 Å². The van der Waals surface area contributed by atoms with Gasteiger partial charge >= 0.3 is 0 Å². The second kappa shape index (κ2) is 5.30. The number of nitrogens with zero attached hydrogens (tertiary/aromatic N) is 4. The van der Waals surface area contributed by atoms with E-state index in [1.54, 1.807) is 16.8 Å². The summed E-state index contributed by atoms with van der Waals surface area (Å²) in [5.41, 5.74) is 0.842. The minimum atomic E-state index is 0.265. The van der Waals surface area contributed by atoms with E-state index >= 15 is 0 Å². The third-order valence-corrected chi connectivity index (χ3v) is 3.77. The maximum Gasteiger partial charge on any atom is 0.154 e. The summed E-state index contributed by atoms with van der Waals surface area (Å²) in [6, 6.07) is 3.98. The van der Waals surface area contributed by atoms with E-state index in [0.29, 0.717) is 6.61 Å². The Morgan fingerprint density at radius 1 is 1.53 bits per heavy atom. The zero-order chi connectivity index (χ0) is 13.2. The maximum atomic E-state index is 5.68. The number of hydrogen-bond donors (Lipinski definition) is 0. The molecule has 19 heavy (non-hydrogen) atoms. The Kier molecular flexibility index (Phi) is 3.52. The molecule has 1 aliphatic rings. The predicted octanol–water partition coefficient (Wildman–Crippen LogP) is 2.27. The number of aromatic nitrogens is 3. The molecule has 0 bridgehead atoms. The summed E-state index contributed by atoms with van der Waals surface area (Å²) in [7, 11) is 0. The van der Waals surface area contributed by atoms with Crippen LogP contribution in [0, 0.1) is 0 Å². The van der Waals surface area contributed by atoms with Crippen LogP contribution in [0.15, 0.2) is 35.6 Å². The van der Waals surface area contributed by atoms with Gasteiger partial charge in [-0.25, -0.2) is 9.50 Å². The molecule has 0 spiro atoms. The molecule has 1 unspecified atom stereocenters. The zero-order valence-electron chi connectivity index (χ0n) is 10.5. The van der Waals surface area contributed by atoms with Crippen LogP contribution >= 0.6 is 15.9 Å². The number of hydrogen-bond acceptors (Lipinski definition) is 4. The smallest absolute Gasteiger partial charge is 0.154 e. The van der Waals surface area contributed by atoms with Gasteiger partial charge in [0.2, 0.25) is 0 Å². The van der Waals surface area contributed by atoms with E-state index in [4.69, 9.17) is 4.74 Å². The lowest BCUT2D eigenvalue weighted by molar-refractivity contribution is 0.0909. The molecule has 0 aliphatic carbocycles. The largest absolute Gasteiger partial charge is 0.372 e. The van der Waals surface area contributed by atoms with Crippen molar-refractivity contribution in [2.24, 2.45) is 0 Å². The molecule has 0 aromatic carbocycles.